The molecule has 5 nitrogen and oxygen atoms in total. The largest absolute Gasteiger partial charge is 0.378 e. The van der Waals surface area contributed by atoms with Gasteiger partial charge in [-0.15, -0.1) is 11.3 Å². The molecule has 1 atom stereocenters. The molecule has 1 aromatic carbocycles. The molecule has 1 heterocycles. The summed E-state index contributed by atoms with van der Waals surface area (Å²) in [5, 5.41) is 5.22. The number of hydrogen-bond donors (Lipinski definition) is 3. The van der Waals surface area contributed by atoms with Crippen LogP contribution in [0.4, 0.5) is 5.69 Å². The van der Waals surface area contributed by atoms with Crippen LogP contribution in [0.5, 0.6) is 0 Å². The minimum Gasteiger partial charge on any atom is -0.378 e. The Labute approximate surface area is 134 Å². The number of nitrogens with one attached hydrogen (secondary N) is 1. The lowest BCUT2D eigenvalue weighted by Crippen LogP contribution is -2.16. The molecule has 2 aromatic rings. The number of thiophene rings is 1. The van der Waals surface area contributed by atoms with E-state index in [9.17, 15) is 9.59 Å². The number of primary amides is 2. The number of anilines is 1. The van der Waals surface area contributed by atoms with Crippen molar-refractivity contribution in [3.8, 4) is 0 Å². The van der Waals surface area contributed by atoms with E-state index < -0.39 is 11.8 Å². The van der Waals surface area contributed by atoms with Crippen LogP contribution in [0.3, 0.4) is 0 Å². The van der Waals surface area contributed by atoms with Gasteiger partial charge in [-0.3, -0.25) is 9.59 Å². The third kappa shape index (κ3) is 3.83. The summed E-state index contributed by atoms with van der Waals surface area (Å²) in [6.45, 7) is 1.99. The van der Waals surface area contributed by atoms with Crippen LogP contribution < -0.4 is 16.8 Å². The molecule has 0 radical (unpaired) electrons. The van der Waals surface area contributed by atoms with E-state index in [1.807, 2.05) is 18.4 Å². The van der Waals surface area contributed by atoms with Crippen molar-refractivity contribution in [1.29, 1.82) is 0 Å². The van der Waals surface area contributed by atoms with Gasteiger partial charge in [0, 0.05) is 31.5 Å². The molecule has 5 N–H and O–H groups in total. The first-order valence-corrected chi connectivity index (χ1v) is 7.79. The van der Waals surface area contributed by atoms with E-state index in [4.69, 9.17) is 11.5 Å². The van der Waals surface area contributed by atoms with Crippen LogP contribution >= 0.6 is 27.3 Å². The molecule has 1 aromatic heterocycles. The summed E-state index contributed by atoms with van der Waals surface area (Å²) in [5.74, 6) is -1.21. The Morgan fingerprint density at radius 2 is 1.71 bits per heavy atom. The first-order chi connectivity index (χ1) is 9.86. The Kier molecular flexibility index (Phi) is 4.64. The summed E-state index contributed by atoms with van der Waals surface area (Å²) in [5.41, 5.74) is 11.7. The molecule has 1 unspecified atom stereocenters. The Hall–Kier alpha value is -1.86. The Morgan fingerprint density at radius 3 is 2.14 bits per heavy atom. The molecule has 110 valence electrons. The standard InChI is InChI=1S/C14H14BrN3O2S/c1-7(12-5-10(15)6-21-12)18-11-3-8(13(16)19)2-9(4-11)14(17)20/h2-7,18H,1H3,(H2,16,19)(H2,17,20). The lowest BCUT2D eigenvalue weighted by Gasteiger charge is -2.15. The van der Waals surface area contributed by atoms with Crippen LogP contribution in [-0.4, -0.2) is 11.8 Å². The first kappa shape index (κ1) is 15.5. The summed E-state index contributed by atoms with van der Waals surface area (Å²) >= 11 is 5.01. The molecule has 21 heavy (non-hydrogen) atoms. The van der Waals surface area contributed by atoms with E-state index in [1.54, 1.807) is 23.5 Å². The van der Waals surface area contributed by atoms with Gasteiger partial charge in [0.15, 0.2) is 0 Å². The molecule has 0 bridgehead atoms. The predicted molar refractivity (Wildman–Crippen MR) is 87.5 cm³/mol. The lowest BCUT2D eigenvalue weighted by molar-refractivity contribution is 0.0999. The van der Waals surface area contributed by atoms with E-state index in [-0.39, 0.29) is 17.2 Å². The van der Waals surface area contributed by atoms with Gasteiger partial charge in [-0.25, -0.2) is 0 Å². The fraction of sp³-hybridized carbons (Fsp3) is 0.143. The average molecular weight is 368 g/mol. The van der Waals surface area contributed by atoms with Crippen LogP contribution in [0, 0.1) is 0 Å². The van der Waals surface area contributed by atoms with Crippen molar-refractivity contribution in [3.63, 3.8) is 0 Å². The van der Waals surface area contributed by atoms with Crippen molar-refractivity contribution in [1.82, 2.24) is 0 Å². The number of nitrogens with two attached hydrogens (primary N) is 2. The highest BCUT2D eigenvalue weighted by atomic mass is 79.9. The van der Waals surface area contributed by atoms with E-state index in [0.717, 1.165) is 9.35 Å². The van der Waals surface area contributed by atoms with Crippen molar-refractivity contribution in [2.24, 2.45) is 11.5 Å². The smallest absolute Gasteiger partial charge is 0.248 e. The molecule has 2 amide bonds. The number of benzene rings is 1. The van der Waals surface area contributed by atoms with Gasteiger partial charge >= 0.3 is 0 Å². The van der Waals surface area contributed by atoms with Crippen LogP contribution in [-0.2, 0) is 0 Å². The quantitative estimate of drug-likeness (QED) is 0.757. The molecule has 7 heteroatoms. The summed E-state index contributed by atoms with van der Waals surface area (Å²) in [6, 6.07) is 6.63. The monoisotopic (exact) mass is 367 g/mol. The van der Waals surface area contributed by atoms with Crippen LogP contribution in [0.1, 0.15) is 38.6 Å². The third-order valence-corrected chi connectivity index (χ3v) is 4.78. The van der Waals surface area contributed by atoms with Gasteiger partial charge in [-0.05, 0) is 47.1 Å². The maximum absolute atomic E-state index is 11.3. The molecule has 0 spiro atoms. The third-order valence-electron chi connectivity index (χ3n) is 2.90. The highest BCUT2D eigenvalue weighted by Gasteiger charge is 2.12. The van der Waals surface area contributed by atoms with Crippen molar-refractivity contribution in [2.75, 3.05) is 5.32 Å². The Balaban J connectivity index is 2.30. The topological polar surface area (TPSA) is 98.2 Å². The normalized spacial score (nSPS) is 11.9. The van der Waals surface area contributed by atoms with Crippen molar-refractivity contribution in [3.05, 3.63) is 50.1 Å². The van der Waals surface area contributed by atoms with Gasteiger partial charge in [0.2, 0.25) is 11.8 Å². The van der Waals surface area contributed by atoms with Gasteiger partial charge < -0.3 is 16.8 Å². The number of amides is 2. The second-order valence-corrected chi connectivity index (χ2v) is 6.42. The number of carbonyl (C=O) groups is 2. The second-order valence-electron chi connectivity index (χ2n) is 4.56. The van der Waals surface area contributed by atoms with Crippen LogP contribution in [0.15, 0.2) is 34.1 Å². The number of halogens is 1. The maximum Gasteiger partial charge on any atom is 0.248 e. The summed E-state index contributed by atoms with van der Waals surface area (Å²) < 4.78 is 1.01. The molecule has 0 saturated carbocycles. The average Bonchev–Trinajstić information content (AvgIpc) is 2.85. The number of rotatable bonds is 5. The molecule has 0 aliphatic heterocycles. The van der Waals surface area contributed by atoms with Crippen LogP contribution in [0.2, 0.25) is 0 Å². The second kappa shape index (κ2) is 6.28. The summed E-state index contributed by atoms with van der Waals surface area (Å²) in [6.07, 6.45) is 0. The van der Waals surface area contributed by atoms with Crippen molar-refractivity contribution >= 4 is 44.8 Å². The summed E-state index contributed by atoms with van der Waals surface area (Å²) in [7, 11) is 0. The van der Waals surface area contributed by atoms with Crippen LogP contribution in [0.25, 0.3) is 0 Å². The fourth-order valence-corrected chi connectivity index (χ4v) is 3.33. The maximum atomic E-state index is 11.3. The summed E-state index contributed by atoms with van der Waals surface area (Å²) in [4.78, 5) is 23.8. The van der Waals surface area contributed by atoms with Gasteiger partial charge in [0.05, 0.1) is 6.04 Å². The molecular weight excluding hydrogens is 354 g/mol. The molecule has 2 rings (SSSR count). The molecular formula is C14H14BrN3O2S. The Bertz CT molecular complexity index is 667. The molecule has 0 aliphatic rings. The zero-order valence-corrected chi connectivity index (χ0v) is 13.6. The van der Waals surface area contributed by atoms with E-state index in [0.29, 0.717) is 5.69 Å². The zero-order valence-electron chi connectivity index (χ0n) is 11.2. The minimum absolute atomic E-state index is 0.0187. The fourth-order valence-electron chi connectivity index (χ4n) is 1.87. The Morgan fingerprint density at radius 1 is 1.14 bits per heavy atom. The van der Waals surface area contributed by atoms with E-state index in [2.05, 4.69) is 21.2 Å². The van der Waals surface area contributed by atoms with Gasteiger partial charge in [0.1, 0.15) is 0 Å². The number of carbonyl (C=O) groups excluding carboxylic acids is 2. The molecule has 0 aliphatic carbocycles. The van der Waals surface area contributed by atoms with Crippen molar-refractivity contribution < 1.29 is 9.59 Å². The van der Waals surface area contributed by atoms with Gasteiger partial charge in [-0.1, -0.05) is 0 Å². The van der Waals surface area contributed by atoms with E-state index >= 15 is 0 Å². The molecule has 0 saturated heterocycles. The first-order valence-electron chi connectivity index (χ1n) is 6.12. The SMILES string of the molecule is CC(Nc1cc(C(N)=O)cc(C(N)=O)c1)c1cc(Br)cs1. The minimum atomic E-state index is -0.604. The zero-order chi connectivity index (χ0) is 15.6. The predicted octanol–water partition coefficient (Wildman–Crippen LogP) is 2.88. The highest BCUT2D eigenvalue weighted by molar-refractivity contribution is 9.10. The molecule has 0 fully saturated rings. The lowest BCUT2D eigenvalue weighted by atomic mass is 10.1. The van der Waals surface area contributed by atoms with E-state index in [1.165, 1.54) is 6.07 Å². The highest BCUT2D eigenvalue weighted by Crippen LogP contribution is 2.28. The van der Waals surface area contributed by atoms with Gasteiger partial charge in [0.25, 0.3) is 0 Å². The number of hydrogen-bond acceptors (Lipinski definition) is 4. The van der Waals surface area contributed by atoms with Gasteiger partial charge in [-0.2, -0.15) is 0 Å². The van der Waals surface area contributed by atoms with Crippen molar-refractivity contribution in [2.45, 2.75) is 13.0 Å².